The number of azide groups is 2. The Morgan fingerprint density at radius 2 is 1.94 bits per heavy atom. The number of rotatable bonds is 5. The van der Waals surface area contributed by atoms with Gasteiger partial charge in [-0.25, -0.2) is 0 Å². The molecule has 7 nitrogen and oxygen atoms in total. The Morgan fingerprint density at radius 1 is 1.18 bits per heavy atom. The lowest BCUT2D eigenvalue weighted by Crippen LogP contribution is -2.24. The van der Waals surface area contributed by atoms with E-state index in [9.17, 15) is 5.11 Å². The van der Waals surface area contributed by atoms with Crippen LogP contribution in [-0.4, -0.2) is 23.8 Å². The maximum Gasteiger partial charge on any atom is 0.0599 e. The molecule has 0 aromatic rings. The smallest absolute Gasteiger partial charge is 0.0599 e. The third kappa shape index (κ3) is 4.95. The van der Waals surface area contributed by atoms with Crippen LogP contribution in [0.1, 0.15) is 38.5 Å². The molecule has 0 heterocycles. The van der Waals surface area contributed by atoms with Crippen LogP contribution in [0, 0.1) is 5.92 Å². The lowest BCUT2D eigenvalue weighted by Gasteiger charge is -2.22. The molecule has 0 saturated heterocycles. The first kappa shape index (κ1) is 13.6. The highest BCUT2D eigenvalue weighted by atomic mass is 16.3. The molecule has 1 rings (SSSR count). The van der Waals surface area contributed by atoms with Crippen molar-refractivity contribution < 1.29 is 5.11 Å². The van der Waals surface area contributed by atoms with E-state index < -0.39 is 6.10 Å². The Bertz CT molecular complexity index is 321. The molecular formula is C10H18N6O. The number of hydrogen-bond donors (Lipinski definition) is 1. The number of aliphatic hydroxyl groups excluding tert-OH is 1. The molecule has 7 heteroatoms. The van der Waals surface area contributed by atoms with Gasteiger partial charge in [0.25, 0.3) is 0 Å². The van der Waals surface area contributed by atoms with E-state index in [1.807, 2.05) is 0 Å². The van der Waals surface area contributed by atoms with Gasteiger partial charge in [-0.3, -0.25) is 0 Å². The highest BCUT2D eigenvalue weighted by Gasteiger charge is 2.24. The Balaban J connectivity index is 2.56. The fourth-order valence-corrected chi connectivity index (χ4v) is 2.41. The Kier molecular flexibility index (Phi) is 6.25. The summed E-state index contributed by atoms with van der Waals surface area (Å²) >= 11 is 0. The standard InChI is InChI=1S/C10H18N6O/c11-15-13-7-9(17)6-8-4-2-1-3-5-10(8)14-16-12/h8-10,17H,1-7H2/t8-,9+,10-/m0/s1. The van der Waals surface area contributed by atoms with E-state index in [1.165, 1.54) is 0 Å². The summed E-state index contributed by atoms with van der Waals surface area (Å²) in [5.41, 5.74) is 16.7. The summed E-state index contributed by atoms with van der Waals surface area (Å²) in [5.74, 6) is 0.206. The highest BCUT2D eigenvalue weighted by molar-refractivity contribution is 4.82. The van der Waals surface area contributed by atoms with Crippen molar-refractivity contribution >= 4 is 0 Å². The first-order valence-electron chi connectivity index (χ1n) is 6.01. The van der Waals surface area contributed by atoms with Crippen molar-refractivity contribution in [2.75, 3.05) is 6.54 Å². The van der Waals surface area contributed by atoms with Crippen LogP contribution >= 0.6 is 0 Å². The molecule has 17 heavy (non-hydrogen) atoms. The third-order valence-electron chi connectivity index (χ3n) is 3.25. The van der Waals surface area contributed by atoms with Gasteiger partial charge in [-0.1, -0.05) is 29.5 Å². The predicted molar refractivity (Wildman–Crippen MR) is 64.1 cm³/mol. The summed E-state index contributed by atoms with van der Waals surface area (Å²) in [7, 11) is 0. The molecule has 1 saturated carbocycles. The van der Waals surface area contributed by atoms with Crippen LogP contribution in [0.15, 0.2) is 10.2 Å². The van der Waals surface area contributed by atoms with Gasteiger partial charge in [-0.05, 0) is 36.2 Å². The van der Waals surface area contributed by atoms with Crippen molar-refractivity contribution in [2.45, 2.75) is 50.7 Å². The molecule has 1 aliphatic carbocycles. The molecule has 3 atom stereocenters. The van der Waals surface area contributed by atoms with Crippen molar-refractivity contribution in [3.63, 3.8) is 0 Å². The molecule has 0 aromatic carbocycles. The van der Waals surface area contributed by atoms with Gasteiger partial charge in [0.2, 0.25) is 0 Å². The number of aliphatic hydroxyl groups is 1. The van der Waals surface area contributed by atoms with Crippen LogP contribution in [0.2, 0.25) is 0 Å². The van der Waals surface area contributed by atoms with Gasteiger partial charge in [0.05, 0.1) is 12.6 Å². The fraction of sp³-hybridized carbons (Fsp3) is 1.00. The quantitative estimate of drug-likeness (QED) is 0.336. The van der Waals surface area contributed by atoms with Crippen LogP contribution in [0.5, 0.6) is 0 Å². The predicted octanol–water partition coefficient (Wildman–Crippen LogP) is 3.31. The van der Waals surface area contributed by atoms with E-state index in [4.69, 9.17) is 11.1 Å². The fourth-order valence-electron chi connectivity index (χ4n) is 2.41. The molecule has 0 aliphatic heterocycles. The Labute approximate surface area is 100 Å². The van der Waals surface area contributed by atoms with Crippen LogP contribution in [0.4, 0.5) is 0 Å². The second-order valence-electron chi connectivity index (χ2n) is 4.47. The summed E-state index contributed by atoms with van der Waals surface area (Å²) in [5, 5.41) is 16.9. The molecule has 0 spiro atoms. The lowest BCUT2D eigenvalue weighted by atomic mass is 9.90. The second-order valence-corrected chi connectivity index (χ2v) is 4.47. The third-order valence-corrected chi connectivity index (χ3v) is 3.25. The van der Waals surface area contributed by atoms with Gasteiger partial charge in [0.1, 0.15) is 0 Å². The molecule has 0 aromatic heterocycles. The topological polar surface area (TPSA) is 118 Å². The zero-order valence-corrected chi connectivity index (χ0v) is 9.81. The zero-order valence-electron chi connectivity index (χ0n) is 9.81. The summed E-state index contributed by atoms with van der Waals surface area (Å²) in [6, 6.07) is -0.0248. The first-order valence-corrected chi connectivity index (χ1v) is 6.01. The molecule has 0 radical (unpaired) electrons. The Morgan fingerprint density at radius 3 is 2.65 bits per heavy atom. The van der Waals surface area contributed by atoms with Crippen LogP contribution in [-0.2, 0) is 0 Å². The molecule has 0 amide bonds. The average molecular weight is 238 g/mol. The van der Waals surface area contributed by atoms with E-state index >= 15 is 0 Å². The molecular weight excluding hydrogens is 220 g/mol. The summed E-state index contributed by atoms with van der Waals surface area (Å²) in [6.45, 7) is 0.0932. The largest absolute Gasteiger partial charge is 0.393 e. The summed E-state index contributed by atoms with van der Waals surface area (Å²) in [4.78, 5) is 5.51. The van der Waals surface area contributed by atoms with Gasteiger partial charge < -0.3 is 5.11 Å². The molecule has 1 fully saturated rings. The number of nitrogens with zero attached hydrogens (tertiary/aromatic N) is 6. The number of hydrogen-bond acceptors (Lipinski definition) is 3. The molecule has 1 aliphatic rings. The second kappa shape index (κ2) is 7.79. The maximum atomic E-state index is 9.71. The SMILES string of the molecule is [N-]=[N+]=NC[C@H](O)C[C@@H]1CCCCC[C@@H]1N=[N+]=[N-]. The minimum absolute atomic E-state index is 0.0248. The average Bonchev–Trinajstić information content (AvgIpc) is 2.53. The van der Waals surface area contributed by atoms with Gasteiger partial charge in [0, 0.05) is 15.9 Å². The normalized spacial score (nSPS) is 26.2. The molecule has 0 unspecified atom stereocenters. The van der Waals surface area contributed by atoms with Gasteiger partial charge in [-0.2, -0.15) is 0 Å². The lowest BCUT2D eigenvalue weighted by molar-refractivity contribution is 0.139. The van der Waals surface area contributed by atoms with Crippen molar-refractivity contribution in [2.24, 2.45) is 16.1 Å². The van der Waals surface area contributed by atoms with Crippen molar-refractivity contribution in [1.29, 1.82) is 0 Å². The Hall–Kier alpha value is -1.42. The minimum atomic E-state index is -0.634. The van der Waals surface area contributed by atoms with E-state index in [-0.39, 0.29) is 18.5 Å². The molecule has 94 valence electrons. The van der Waals surface area contributed by atoms with E-state index in [0.717, 1.165) is 32.1 Å². The van der Waals surface area contributed by atoms with Crippen LogP contribution < -0.4 is 0 Å². The molecule has 1 N–H and O–H groups in total. The highest BCUT2D eigenvalue weighted by Crippen LogP contribution is 2.29. The van der Waals surface area contributed by atoms with Crippen molar-refractivity contribution in [3.05, 3.63) is 20.9 Å². The van der Waals surface area contributed by atoms with E-state index in [1.54, 1.807) is 0 Å². The van der Waals surface area contributed by atoms with E-state index in [0.29, 0.717) is 6.42 Å². The van der Waals surface area contributed by atoms with Crippen molar-refractivity contribution in [3.8, 4) is 0 Å². The van der Waals surface area contributed by atoms with Gasteiger partial charge in [-0.15, -0.1) is 0 Å². The first-order chi connectivity index (χ1) is 8.27. The van der Waals surface area contributed by atoms with Crippen molar-refractivity contribution in [1.82, 2.24) is 0 Å². The monoisotopic (exact) mass is 238 g/mol. The van der Waals surface area contributed by atoms with Crippen LogP contribution in [0.25, 0.3) is 20.9 Å². The van der Waals surface area contributed by atoms with Gasteiger partial charge >= 0.3 is 0 Å². The van der Waals surface area contributed by atoms with E-state index in [2.05, 4.69) is 20.1 Å². The summed E-state index contributed by atoms with van der Waals surface area (Å²) < 4.78 is 0. The minimum Gasteiger partial charge on any atom is -0.393 e. The van der Waals surface area contributed by atoms with Gasteiger partial charge in [0.15, 0.2) is 0 Å². The maximum absolute atomic E-state index is 9.71. The molecule has 0 bridgehead atoms. The zero-order chi connectivity index (χ0) is 12.5. The summed E-state index contributed by atoms with van der Waals surface area (Å²) in [6.07, 6.45) is 5.11. The van der Waals surface area contributed by atoms with Crippen LogP contribution in [0.3, 0.4) is 0 Å².